The highest BCUT2D eigenvalue weighted by molar-refractivity contribution is 9.10. The zero-order chi connectivity index (χ0) is 14.5. The van der Waals surface area contributed by atoms with Crippen molar-refractivity contribution in [1.29, 1.82) is 0 Å². The highest BCUT2D eigenvalue weighted by Crippen LogP contribution is 2.32. The lowest BCUT2D eigenvalue weighted by Crippen LogP contribution is -2.18. The second-order valence-electron chi connectivity index (χ2n) is 4.19. The largest absolute Gasteiger partial charge is 0.497 e. The summed E-state index contributed by atoms with van der Waals surface area (Å²) >= 11 is 9.46. The summed E-state index contributed by atoms with van der Waals surface area (Å²) in [5.74, 6) is 1.47. The van der Waals surface area contributed by atoms with Gasteiger partial charge in [0, 0.05) is 11.6 Å². The Morgan fingerprint density at radius 3 is 2.65 bits per heavy atom. The third-order valence-electron chi connectivity index (χ3n) is 2.84. The number of hydrogen-bond donors (Lipinski definition) is 1. The third kappa shape index (κ3) is 3.66. The maximum Gasteiger partial charge on any atom is 0.136 e. The third-order valence-corrected chi connectivity index (χ3v) is 3.70. The first-order valence-electron chi connectivity index (χ1n) is 6.09. The van der Waals surface area contributed by atoms with Crippen molar-refractivity contribution >= 4 is 27.5 Å². The monoisotopic (exact) mass is 355 g/mol. The van der Waals surface area contributed by atoms with Crippen molar-refractivity contribution in [3.05, 3.63) is 57.5 Å². The molecule has 0 saturated carbocycles. The average Bonchev–Trinajstić information content (AvgIpc) is 2.46. The topological polar surface area (TPSA) is 44.5 Å². The summed E-state index contributed by atoms with van der Waals surface area (Å²) in [7, 11) is 1.62. The standard InChI is InChI=1S/C15H15BrClNO2/c1-19-12-5-6-14(13(16)8-12)20-15(9-18)10-3-2-4-11(17)7-10/h2-8,15H,9,18H2,1H3. The van der Waals surface area contributed by atoms with Crippen LogP contribution in [0.5, 0.6) is 11.5 Å². The molecule has 106 valence electrons. The van der Waals surface area contributed by atoms with Crippen LogP contribution in [0.1, 0.15) is 11.7 Å². The minimum Gasteiger partial charge on any atom is -0.497 e. The fraction of sp³-hybridized carbons (Fsp3) is 0.200. The summed E-state index contributed by atoms with van der Waals surface area (Å²) in [6, 6.07) is 13.0. The van der Waals surface area contributed by atoms with E-state index >= 15 is 0 Å². The van der Waals surface area contributed by atoms with Gasteiger partial charge in [0.15, 0.2) is 0 Å². The van der Waals surface area contributed by atoms with Gasteiger partial charge in [-0.25, -0.2) is 0 Å². The van der Waals surface area contributed by atoms with Gasteiger partial charge in [-0.2, -0.15) is 0 Å². The molecular formula is C15H15BrClNO2. The molecule has 0 heterocycles. The van der Waals surface area contributed by atoms with E-state index in [0.717, 1.165) is 15.8 Å². The van der Waals surface area contributed by atoms with Gasteiger partial charge in [0.1, 0.15) is 17.6 Å². The molecule has 0 amide bonds. The minimum atomic E-state index is -0.251. The smallest absolute Gasteiger partial charge is 0.136 e. The summed E-state index contributed by atoms with van der Waals surface area (Å²) in [5.41, 5.74) is 6.75. The number of rotatable bonds is 5. The molecule has 0 aliphatic carbocycles. The van der Waals surface area contributed by atoms with Crippen LogP contribution in [0.3, 0.4) is 0 Å². The predicted octanol–water partition coefficient (Wildman–Crippen LogP) is 4.19. The Hall–Kier alpha value is -1.23. The van der Waals surface area contributed by atoms with Crippen LogP contribution < -0.4 is 15.2 Å². The molecule has 0 aromatic heterocycles. The van der Waals surface area contributed by atoms with Crippen LogP contribution in [0.4, 0.5) is 0 Å². The zero-order valence-corrected chi connectivity index (χ0v) is 13.3. The molecule has 20 heavy (non-hydrogen) atoms. The molecule has 2 aromatic carbocycles. The van der Waals surface area contributed by atoms with E-state index in [1.165, 1.54) is 0 Å². The molecular weight excluding hydrogens is 342 g/mol. The van der Waals surface area contributed by atoms with E-state index in [4.69, 9.17) is 26.8 Å². The van der Waals surface area contributed by atoms with Crippen molar-refractivity contribution in [3.63, 3.8) is 0 Å². The van der Waals surface area contributed by atoms with Gasteiger partial charge in [-0.05, 0) is 51.8 Å². The van der Waals surface area contributed by atoms with Crippen molar-refractivity contribution in [1.82, 2.24) is 0 Å². The number of methoxy groups -OCH3 is 1. The van der Waals surface area contributed by atoms with Crippen LogP contribution in [-0.2, 0) is 0 Å². The van der Waals surface area contributed by atoms with Crippen LogP contribution in [0.2, 0.25) is 5.02 Å². The summed E-state index contributed by atoms with van der Waals surface area (Å²) in [6.45, 7) is 0.360. The van der Waals surface area contributed by atoms with Crippen molar-refractivity contribution in [2.75, 3.05) is 13.7 Å². The van der Waals surface area contributed by atoms with Crippen LogP contribution >= 0.6 is 27.5 Å². The Morgan fingerprint density at radius 2 is 2.05 bits per heavy atom. The molecule has 3 nitrogen and oxygen atoms in total. The second-order valence-corrected chi connectivity index (χ2v) is 5.48. The van der Waals surface area contributed by atoms with E-state index in [0.29, 0.717) is 17.3 Å². The zero-order valence-electron chi connectivity index (χ0n) is 11.0. The van der Waals surface area contributed by atoms with Gasteiger partial charge in [-0.1, -0.05) is 23.7 Å². The van der Waals surface area contributed by atoms with Crippen LogP contribution in [0.15, 0.2) is 46.9 Å². The van der Waals surface area contributed by atoms with Gasteiger partial charge in [-0.3, -0.25) is 0 Å². The summed E-state index contributed by atoms with van der Waals surface area (Å²) in [4.78, 5) is 0. The van der Waals surface area contributed by atoms with E-state index < -0.39 is 0 Å². The summed E-state index contributed by atoms with van der Waals surface area (Å²) < 4.78 is 11.9. The van der Waals surface area contributed by atoms with E-state index in [1.54, 1.807) is 7.11 Å². The van der Waals surface area contributed by atoms with Crippen molar-refractivity contribution in [2.45, 2.75) is 6.10 Å². The molecule has 1 unspecified atom stereocenters. The number of halogens is 2. The number of ether oxygens (including phenoxy) is 2. The molecule has 0 spiro atoms. The molecule has 0 aliphatic rings. The first-order valence-corrected chi connectivity index (χ1v) is 7.27. The number of hydrogen-bond acceptors (Lipinski definition) is 3. The van der Waals surface area contributed by atoms with Gasteiger partial charge in [0.25, 0.3) is 0 Å². The minimum absolute atomic E-state index is 0.251. The quantitative estimate of drug-likeness (QED) is 0.873. The fourth-order valence-electron chi connectivity index (χ4n) is 1.82. The summed E-state index contributed by atoms with van der Waals surface area (Å²) in [6.07, 6.45) is -0.251. The lowest BCUT2D eigenvalue weighted by molar-refractivity contribution is 0.212. The Labute approximate surface area is 131 Å². The molecule has 0 radical (unpaired) electrons. The van der Waals surface area contributed by atoms with Gasteiger partial charge in [0.2, 0.25) is 0 Å². The first kappa shape index (κ1) is 15.2. The lowest BCUT2D eigenvalue weighted by atomic mass is 10.1. The molecule has 2 aromatic rings. The second kappa shape index (κ2) is 6.97. The Bertz CT molecular complexity index is 592. The van der Waals surface area contributed by atoms with Gasteiger partial charge >= 0.3 is 0 Å². The molecule has 2 rings (SSSR count). The maximum absolute atomic E-state index is 6.00. The van der Waals surface area contributed by atoms with Crippen LogP contribution in [0, 0.1) is 0 Å². The van der Waals surface area contributed by atoms with E-state index in [1.807, 2.05) is 42.5 Å². The molecule has 1 atom stereocenters. The van der Waals surface area contributed by atoms with E-state index in [-0.39, 0.29) is 6.10 Å². The van der Waals surface area contributed by atoms with Crippen LogP contribution in [-0.4, -0.2) is 13.7 Å². The van der Waals surface area contributed by atoms with Crippen LogP contribution in [0.25, 0.3) is 0 Å². The van der Waals surface area contributed by atoms with Gasteiger partial charge in [-0.15, -0.1) is 0 Å². The van der Waals surface area contributed by atoms with Crippen molar-refractivity contribution < 1.29 is 9.47 Å². The van der Waals surface area contributed by atoms with Crippen molar-refractivity contribution in [3.8, 4) is 11.5 Å². The van der Waals surface area contributed by atoms with E-state index in [9.17, 15) is 0 Å². The number of nitrogens with two attached hydrogens (primary N) is 1. The van der Waals surface area contributed by atoms with Crippen molar-refractivity contribution in [2.24, 2.45) is 5.73 Å². The maximum atomic E-state index is 6.00. The van der Waals surface area contributed by atoms with Gasteiger partial charge < -0.3 is 15.2 Å². The molecule has 2 N–H and O–H groups in total. The first-order chi connectivity index (χ1) is 9.63. The lowest BCUT2D eigenvalue weighted by Gasteiger charge is -2.19. The normalized spacial score (nSPS) is 12.0. The highest BCUT2D eigenvalue weighted by Gasteiger charge is 2.14. The molecule has 0 fully saturated rings. The molecule has 0 aliphatic heterocycles. The average molecular weight is 357 g/mol. The molecule has 5 heteroatoms. The van der Waals surface area contributed by atoms with E-state index in [2.05, 4.69) is 15.9 Å². The van der Waals surface area contributed by atoms with Gasteiger partial charge in [0.05, 0.1) is 11.6 Å². The molecule has 0 bridgehead atoms. The predicted molar refractivity (Wildman–Crippen MR) is 84.6 cm³/mol. The Kier molecular flexibility index (Phi) is 5.29. The Balaban J connectivity index is 2.22. The fourth-order valence-corrected chi connectivity index (χ4v) is 2.47. The SMILES string of the molecule is COc1ccc(OC(CN)c2cccc(Cl)c2)c(Br)c1. The molecule has 0 saturated heterocycles. The highest BCUT2D eigenvalue weighted by atomic mass is 79.9. The Morgan fingerprint density at radius 1 is 1.25 bits per heavy atom. The summed E-state index contributed by atoms with van der Waals surface area (Å²) in [5, 5.41) is 0.665. The number of benzene rings is 2.